The van der Waals surface area contributed by atoms with Crippen LogP contribution in [-0.4, -0.2) is 62.3 Å². The fourth-order valence-electron chi connectivity index (χ4n) is 3.30. The molecule has 0 radical (unpaired) electrons. The Morgan fingerprint density at radius 3 is 2.59 bits per heavy atom. The molecule has 1 atom stereocenters. The first-order valence-corrected chi connectivity index (χ1v) is 10.1. The number of nitrogens with zero attached hydrogens (tertiary/aromatic N) is 3. The van der Waals surface area contributed by atoms with Gasteiger partial charge in [0, 0.05) is 56.6 Å². The molecule has 1 fully saturated rings. The predicted octanol–water partition coefficient (Wildman–Crippen LogP) is 3.13. The Morgan fingerprint density at radius 1 is 1.17 bits per heavy atom. The minimum absolute atomic E-state index is 0. The summed E-state index contributed by atoms with van der Waals surface area (Å²) < 4.78 is 5.52. The summed E-state index contributed by atoms with van der Waals surface area (Å²) in [6.45, 7) is 4.90. The van der Waals surface area contributed by atoms with Crippen molar-refractivity contribution in [2.24, 2.45) is 4.99 Å². The summed E-state index contributed by atoms with van der Waals surface area (Å²) in [5, 5.41) is 7.59. The largest absolute Gasteiger partial charge is 0.379 e. The molecule has 2 heterocycles. The fraction of sp³-hybridized carbons (Fsp3) is 0.429. The standard InChI is InChI=1S/C21H28ClN5O.HI/c1-23-21(25-11-9-19-4-2-3-10-24-19)26-16-20(27-12-14-28-15-13-27)17-5-7-18(22)8-6-17;/h2-8,10,20H,9,11-16H2,1H3,(H2,23,25,26);1H. The van der Waals surface area contributed by atoms with Crippen LogP contribution in [0.25, 0.3) is 0 Å². The highest BCUT2D eigenvalue weighted by atomic mass is 127. The molecule has 2 N–H and O–H groups in total. The summed E-state index contributed by atoms with van der Waals surface area (Å²) in [7, 11) is 1.79. The van der Waals surface area contributed by atoms with E-state index in [1.165, 1.54) is 5.56 Å². The smallest absolute Gasteiger partial charge is 0.191 e. The van der Waals surface area contributed by atoms with Gasteiger partial charge >= 0.3 is 0 Å². The van der Waals surface area contributed by atoms with Crippen molar-refractivity contribution in [2.45, 2.75) is 12.5 Å². The normalized spacial score (nSPS) is 16.0. The van der Waals surface area contributed by atoms with Crippen LogP contribution < -0.4 is 10.6 Å². The van der Waals surface area contributed by atoms with Crippen LogP contribution >= 0.6 is 35.6 Å². The Balaban J connectivity index is 0.00000300. The molecule has 1 saturated heterocycles. The molecule has 0 spiro atoms. The van der Waals surface area contributed by atoms with Gasteiger partial charge in [-0.1, -0.05) is 29.8 Å². The van der Waals surface area contributed by atoms with E-state index in [0.717, 1.165) is 62.5 Å². The molecular formula is C21H29ClIN5O. The number of morpholine rings is 1. The number of guanidine groups is 1. The van der Waals surface area contributed by atoms with Crippen molar-refractivity contribution in [1.82, 2.24) is 20.5 Å². The topological polar surface area (TPSA) is 61.8 Å². The van der Waals surface area contributed by atoms with Crippen molar-refractivity contribution in [3.8, 4) is 0 Å². The van der Waals surface area contributed by atoms with Gasteiger partial charge in [-0.05, 0) is 29.8 Å². The van der Waals surface area contributed by atoms with Crippen LogP contribution in [0.15, 0.2) is 53.7 Å². The van der Waals surface area contributed by atoms with Gasteiger partial charge in [-0.25, -0.2) is 0 Å². The first-order valence-electron chi connectivity index (χ1n) is 9.68. The van der Waals surface area contributed by atoms with Gasteiger partial charge < -0.3 is 15.4 Å². The van der Waals surface area contributed by atoms with Gasteiger partial charge in [-0.2, -0.15) is 0 Å². The molecule has 1 aliphatic rings. The average Bonchev–Trinajstić information content (AvgIpc) is 2.75. The summed E-state index contributed by atoms with van der Waals surface area (Å²) >= 11 is 6.08. The van der Waals surface area contributed by atoms with Crippen LogP contribution in [0.4, 0.5) is 0 Å². The Hall–Kier alpha value is -1.42. The van der Waals surface area contributed by atoms with E-state index in [1.807, 2.05) is 36.5 Å². The molecule has 158 valence electrons. The van der Waals surface area contributed by atoms with Crippen molar-refractivity contribution in [1.29, 1.82) is 0 Å². The fourth-order valence-corrected chi connectivity index (χ4v) is 3.43. The van der Waals surface area contributed by atoms with Crippen LogP contribution in [0.3, 0.4) is 0 Å². The van der Waals surface area contributed by atoms with Crippen molar-refractivity contribution >= 4 is 41.5 Å². The van der Waals surface area contributed by atoms with Gasteiger partial charge in [0.1, 0.15) is 0 Å². The highest BCUT2D eigenvalue weighted by Gasteiger charge is 2.22. The lowest BCUT2D eigenvalue weighted by atomic mass is 10.0. The summed E-state index contributed by atoms with van der Waals surface area (Å²) in [4.78, 5) is 11.2. The third kappa shape index (κ3) is 7.73. The quantitative estimate of drug-likeness (QED) is 0.328. The van der Waals surface area contributed by atoms with Crippen molar-refractivity contribution in [3.63, 3.8) is 0 Å². The Bertz CT molecular complexity index is 738. The number of hydrogen-bond donors (Lipinski definition) is 2. The number of halogens is 2. The van der Waals surface area contributed by atoms with Gasteiger partial charge in [0.05, 0.1) is 19.3 Å². The molecule has 29 heavy (non-hydrogen) atoms. The van der Waals surface area contributed by atoms with Crippen LogP contribution in [0.2, 0.25) is 5.02 Å². The van der Waals surface area contributed by atoms with Gasteiger partial charge in [0.25, 0.3) is 0 Å². The van der Waals surface area contributed by atoms with E-state index >= 15 is 0 Å². The number of nitrogens with one attached hydrogen (secondary N) is 2. The predicted molar refractivity (Wildman–Crippen MR) is 129 cm³/mol. The van der Waals surface area contributed by atoms with Crippen LogP contribution in [0.1, 0.15) is 17.3 Å². The number of pyridine rings is 1. The summed E-state index contributed by atoms with van der Waals surface area (Å²) in [5.74, 6) is 0.795. The van der Waals surface area contributed by atoms with E-state index in [2.05, 4.69) is 37.6 Å². The summed E-state index contributed by atoms with van der Waals surface area (Å²) in [6.07, 6.45) is 2.67. The minimum atomic E-state index is 0. The van der Waals surface area contributed by atoms with Crippen LogP contribution in [0.5, 0.6) is 0 Å². The lowest BCUT2D eigenvalue weighted by Crippen LogP contribution is -2.46. The maximum atomic E-state index is 6.08. The third-order valence-corrected chi connectivity index (χ3v) is 5.08. The van der Waals surface area contributed by atoms with E-state index < -0.39 is 0 Å². The maximum Gasteiger partial charge on any atom is 0.191 e. The minimum Gasteiger partial charge on any atom is -0.379 e. The first-order chi connectivity index (χ1) is 13.8. The summed E-state index contributed by atoms with van der Waals surface area (Å²) in [6, 6.07) is 14.3. The zero-order valence-electron chi connectivity index (χ0n) is 16.7. The molecule has 1 aliphatic heterocycles. The summed E-state index contributed by atoms with van der Waals surface area (Å²) in [5.41, 5.74) is 2.31. The molecular weight excluding hydrogens is 501 g/mol. The number of aromatic nitrogens is 1. The molecule has 8 heteroatoms. The van der Waals surface area contributed by atoms with Gasteiger partial charge in [0.15, 0.2) is 5.96 Å². The van der Waals surface area contributed by atoms with E-state index in [4.69, 9.17) is 16.3 Å². The second-order valence-corrected chi connectivity index (χ2v) is 7.10. The SMILES string of the molecule is CN=C(NCCc1ccccn1)NCC(c1ccc(Cl)cc1)N1CCOCC1.I. The molecule has 0 amide bonds. The first kappa shape index (κ1) is 23.9. The molecule has 3 rings (SSSR count). The number of rotatable bonds is 7. The third-order valence-electron chi connectivity index (χ3n) is 4.83. The second-order valence-electron chi connectivity index (χ2n) is 6.67. The highest BCUT2D eigenvalue weighted by Crippen LogP contribution is 2.23. The zero-order chi connectivity index (χ0) is 19.6. The lowest BCUT2D eigenvalue weighted by molar-refractivity contribution is 0.0170. The second kappa shape index (κ2) is 13.0. The highest BCUT2D eigenvalue weighted by molar-refractivity contribution is 14.0. The Morgan fingerprint density at radius 2 is 1.93 bits per heavy atom. The molecule has 1 aromatic carbocycles. The number of hydrogen-bond acceptors (Lipinski definition) is 4. The number of benzene rings is 1. The van der Waals surface area contributed by atoms with Crippen molar-refractivity contribution in [2.75, 3.05) is 46.4 Å². The average molecular weight is 530 g/mol. The molecule has 0 aliphatic carbocycles. The maximum absolute atomic E-state index is 6.08. The number of ether oxygens (including phenoxy) is 1. The van der Waals surface area contributed by atoms with E-state index in [1.54, 1.807) is 7.05 Å². The van der Waals surface area contributed by atoms with E-state index in [0.29, 0.717) is 0 Å². The lowest BCUT2D eigenvalue weighted by Gasteiger charge is -2.35. The van der Waals surface area contributed by atoms with Gasteiger partial charge in [0.2, 0.25) is 0 Å². The van der Waals surface area contributed by atoms with E-state index in [-0.39, 0.29) is 30.0 Å². The Kier molecular flexibility index (Phi) is 10.7. The van der Waals surface area contributed by atoms with Gasteiger partial charge in [-0.15, -0.1) is 24.0 Å². The Labute approximate surface area is 195 Å². The van der Waals surface area contributed by atoms with Crippen LogP contribution in [0, 0.1) is 0 Å². The van der Waals surface area contributed by atoms with Crippen LogP contribution in [-0.2, 0) is 11.2 Å². The molecule has 0 saturated carbocycles. The molecule has 1 unspecified atom stereocenters. The van der Waals surface area contributed by atoms with Gasteiger partial charge in [-0.3, -0.25) is 14.9 Å². The molecule has 1 aromatic heterocycles. The van der Waals surface area contributed by atoms with Crippen molar-refractivity contribution < 1.29 is 4.74 Å². The molecule has 2 aromatic rings. The zero-order valence-corrected chi connectivity index (χ0v) is 19.8. The monoisotopic (exact) mass is 529 g/mol. The van der Waals surface area contributed by atoms with E-state index in [9.17, 15) is 0 Å². The molecule has 6 nitrogen and oxygen atoms in total. The number of aliphatic imine (C=N–C) groups is 1. The van der Waals surface area contributed by atoms with Crippen molar-refractivity contribution in [3.05, 3.63) is 64.9 Å². The molecule has 0 bridgehead atoms.